The Kier molecular flexibility index (Phi) is 53.6. The van der Waals surface area contributed by atoms with Gasteiger partial charge in [0.1, 0.15) is 103 Å². The standard InChI is InChI=1S/C82H140N30O29/c1-36(2)28-47(69(130)106-50(34-113)71(132)96-39(7)64(125)110-62(42(10)115)77(138)102-45(21-22-58(120)121)66(127)98-41(9)79(140)141)103-68(129)44(17-12-24-92-81(87)88)101-67(128)43(16-11-23-91-80(85)86)99-56(118)32-94-65(126)49(30-59(122)123)105-73(134)52-19-14-26-111(52)57(119)33-95-75(136)60(37(3)4)108-63(124)40(8)97-76(137)61(38(5)6)109-72(133)51(35-114)107-70(131)48(29-54(84)116)104-74(135)53-20-15-27-112(53)78(139)46(100-55(117)31-83)18-13-25-93-82(89)90/h36-53,60-62,113-115H,11-35,83H2,1-10H3,(H2,84,116)(H,94,126)(H,95,136)(H,96,132)(H,97,137)(H,98,127)(H,99,118)(H,100,117)(H,101,128)(H,102,138)(H,103,129)(H,104,135)(H,105,134)(H,106,130)(H,107,131)(H,108,124)(H,109,133)(H,110,125)(H,120,121)(H,122,123)(H,140,141)(H4,85,86,91)(H4,87,88,92)(H4,89,90,93)/t39-,40-,41-,42+,43-,44-,45-,46-,47-,48-,49-,50-,51-,52-,53-,60-,61-,62-/m0/s1. The van der Waals surface area contributed by atoms with Crippen molar-refractivity contribution < 1.29 is 141 Å². The number of hydrogen-bond donors (Lipinski definition) is 34. The molecule has 18 atom stereocenters. The quantitative estimate of drug-likeness (QED) is 0.0153. The Hall–Kier alpha value is -14.5. The molecule has 0 aromatic carbocycles. The number of carbonyl (C=O) groups excluding carboxylic acids is 20. The lowest BCUT2D eigenvalue weighted by Gasteiger charge is -2.30. The van der Waals surface area contributed by atoms with Gasteiger partial charge in [0.15, 0.2) is 17.9 Å². The summed E-state index contributed by atoms with van der Waals surface area (Å²) < 4.78 is 0. The van der Waals surface area contributed by atoms with Crippen LogP contribution < -0.4 is 135 Å². The third kappa shape index (κ3) is 44.4. The Morgan fingerprint density at radius 3 is 1.18 bits per heavy atom. The summed E-state index contributed by atoms with van der Waals surface area (Å²) in [5, 5.41) is 129. The Bertz CT molecular complexity index is 4450. The summed E-state index contributed by atoms with van der Waals surface area (Å²) in [6.45, 7) is 9.04. The molecule has 20 amide bonds. The number of primary amides is 1. The maximum Gasteiger partial charge on any atom is 0.325 e. The number of aliphatic hydroxyl groups is 3. The van der Waals surface area contributed by atoms with E-state index in [1.807, 2.05) is 0 Å². The van der Waals surface area contributed by atoms with Gasteiger partial charge in [0.2, 0.25) is 118 Å². The number of rotatable bonds is 63. The molecular weight excluding hydrogens is 1870 g/mol. The van der Waals surface area contributed by atoms with Crippen molar-refractivity contribution in [2.24, 2.45) is 46.4 Å². The zero-order valence-corrected chi connectivity index (χ0v) is 80.2. The number of hydrogen-bond acceptors (Lipinski definition) is 30. The van der Waals surface area contributed by atoms with Gasteiger partial charge < -0.3 is 175 Å². The van der Waals surface area contributed by atoms with Crippen molar-refractivity contribution in [2.45, 2.75) is 274 Å². The normalized spacial score (nSPS) is 16.6. The van der Waals surface area contributed by atoms with E-state index in [0.717, 1.165) is 30.6 Å². The predicted molar refractivity (Wildman–Crippen MR) is 494 cm³/mol. The highest BCUT2D eigenvalue weighted by Crippen LogP contribution is 2.22. The maximum atomic E-state index is 14.4. The maximum absolute atomic E-state index is 14.4. The van der Waals surface area contributed by atoms with Crippen LogP contribution in [0.2, 0.25) is 0 Å². The molecule has 2 fully saturated rings. The lowest BCUT2D eigenvalue weighted by molar-refractivity contribution is -0.143. The minimum absolute atomic E-state index is 0.0285. The fourth-order valence-corrected chi connectivity index (χ4v) is 14.1. The molecule has 0 bridgehead atoms. The molecule has 2 aliphatic rings. The summed E-state index contributed by atoms with van der Waals surface area (Å²) in [6.07, 6.45) is -5.08. The number of carboxylic acids is 3. The molecule has 39 N–H and O–H groups in total. The van der Waals surface area contributed by atoms with Crippen LogP contribution >= 0.6 is 0 Å². The van der Waals surface area contributed by atoms with Crippen molar-refractivity contribution in [1.82, 2.24) is 116 Å². The first-order chi connectivity index (χ1) is 66.0. The number of amides is 20. The first-order valence-electron chi connectivity index (χ1n) is 45.5. The second-order valence-corrected chi connectivity index (χ2v) is 34.6. The predicted octanol–water partition coefficient (Wildman–Crippen LogP) is -14.7. The largest absolute Gasteiger partial charge is 0.481 e. The summed E-state index contributed by atoms with van der Waals surface area (Å²) >= 11 is 0. The van der Waals surface area contributed by atoms with E-state index in [4.69, 9.17) is 44.9 Å². The highest BCUT2D eigenvalue weighted by Gasteiger charge is 2.44. The SMILES string of the molecule is CC(C)C[C@H](NC(=O)[C@H](CCCNC(=N)N)NC(=O)[C@H](CCCNC(=N)N)NC(=O)CNC(=O)[C@H](CC(=O)O)NC(=O)[C@@H]1CCCN1C(=O)CNC(=O)[C@@H](NC(=O)[C@H](C)NC(=O)[C@@H](NC(=O)[C@H](CO)NC(=O)[C@H](CC(N)=O)NC(=O)[C@@H]1CCCN1C(=O)[C@H](CCCNC(=N)N)NC(=O)CN)C(C)C)C(C)C)C(=O)N[C@@H](CO)C(=O)N[C@@H](C)C(=O)N[C@H](C(=O)N[C@@H](CCC(=O)O)C(=O)N[C@@H](C)C(=O)O)[C@@H](C)O. The number of nitrogens with two attached hydrogens (primary N) is 5. The van der Waals surface area contributed by atoms with Gasteiger partial charge in [-0.05, 0) is 122 Å². The third-order valence-corrected chi connectivity index (χ3v) is 21.7. The van der Waals surface area contributed by atoms with Crippen LogP contribution in [0.25, 0.3) is 0 Å². The van der Waals surface area contributed by atoms with Crippen molar-refractivity contribution in [3.8, 4) is 0 Å². The summed E-state index contributed by atoms with van der Waals surface area (Å²) in [6, 6.07) is -27.3. The average Bonchev–Trinajstić information content (AvgIpc) is 1.72. The van der Waals surface area contributed by atoms with Crippen molar-refractivity contribution in [2.75, 3.05) is 65.6 Å². The summed E-state index contributed by atoms with van der Waals surface area (Å²) in [5.74, 6) is -28.8. The van der Waals surface area contributed by atoms with Crippen LogP contribution in [0.4, 0.5) is 0 Å². The molecule has 141 heavy (non-hydrogen) atoms. The van der Waals surface area contributed by atoms with Crippen molar-refractivity contribution in [3.63, 3.8) is 0 Å². The Labute approximate surface area is 810 Å². The number of nitrogens with one attached hydrogen (secondary N) is 23. The molecule has 0 aliphatic carbocycles. The van der Waals surface area contributed by atoms with E-state index in [-0.39, 0.29) is 103 Å². The van der Waals surface area contributed by atoms with Crippen LogP contribution in [-0.2, 0) is 110 Å². The minimum Gasteiger partial charge on any atom is -0.481 e. The second-order valence-electron chi connectivity index (χ2n) is 34.6. The Morgan fingerprint density at radius 1 is 0.362 bits per heavy atom. The van der Waals surface area contributed by atoms with E-state index >= 15 is 0 Å². The van der Waals surface area contributed by atoms with E-state index < -0.39 is 333 Å². The molecule has 2 aliphatic heterocycles. The van der Waals surface area contributed by atoms with Gasteiger partial charge in [-0.3, -0.25) is 127 Å². The van der Waals surface area contributed by atoms with Gasteiger partial charge in [-0.15, -0.1) is 0 Å². The fourth-order valence-electron chi connectivity index (χ4n) is 14.1. The first kappa shape index (κ1) is 123. The van der Waals surface area contributed by atoms with Crippen LogP contribution in [0.1, 0.15) is 166 Å². The van der Waals surface area contributed by atoms with E-state index in [1.54, 1.807) is 13.8 Å². The molecule has 0 unspecified atom stereocenters. The fraction of sp³-hybridized carbons (Fsp3) is 0.683. The Morgan fingerprint density at radius 2 is 0.730 bits per heavy atom. The smallest absolute Gasteiger partial charge is 0.325 e. The van der Waals surface area contributed by atoms with Gasteiger partial charge in [0.25, 0.3) is 0 Å². The molecule has 2 saturated heterocycles. The number of aliphatic hydroxyl groups excluding tert-OH is 3. The number of guanidine groups is 3. The lowest BCUT2D eigenvalue weighted by atomic mass is 10.0. The molecule has 59 nitrogen and oxygen atoms in total. The number of likely N-dealkylation sites (tertiary alicyclic amines) is 2. The number of aliphatic carboxylic acids is 3. The molecule has 0 radical (unpaired) electrons. The molecule has 0 aromatic heterocycles. The van der Waals surface area contributed by atoms with Gasteiger partial charge in [0.05, 0.1) is 51.8 Å². The molecule has 792 valence electrons. The zero-order chi connectivity index (χ0) is 107. The van der Waals surface area contributed by atoms with Crippen LogP contribution in [0, 0.1) is 34.0 Å². The lowest BCUT2D eigenvalue weighted by Crippen LogP contribution is -2.61. The Balaban J connectivity index is 2.27. The molecular formula is C82H140N30O29. The number of carbonyl (C=O) groups is 23. The van der Waals surface area contributed by atoms with E-state index in [9.17, 15) is 141 Å². The van der Waals surface area contributed by atoms with E-state index in [2.05, 4.69) is 106 Å². The van der Waals surface area contributed by atoms with E-state index in [0.29, 0.717) is 6.42 Å². The van der Waals surface area contributed by atoms with Crippen molar-refractivity contribution >= 4 is 154 Å². The van der Waals surface area contributed by atoms with Gasteiger partial charge >= 0.3 is 17.9 Å². The molecule has 0 spiro atoms. The highest BCUT2D eigenvalue weighted by molar-refractivity contribution is 6.03. The number of nitrogens with zero attached hydrogens (tertiary/aromatic N) is 2. The van der Waals surface area contributed by atoms with Gasteiger partial charge in [-0.25, -0.2) is 0 Å². The molecule has 0 saturated carbocycles. The number of carboxylic acid groups (broad SMARTS) is 3. The second kappa shape index (κ2) is 61.7. The molecule has 2 rings (SSSR count). The summed E-state index contributed by atoms with van der Waals surface area (Å²) in [5.41, 5.74) is 27.2. The van der Waals surface area contributed by atoms with Gasteiger partial charge in [0, 0.05) is 39.1 Å². The van der Waals surface area contributed by atoms with Crippen LogP contribution in [0.5, 0.6) is 0 Å². The van der Waals surface area contributed by atoms with E-state index in [1.165, 1.54) is 34.6 Å². The van der Waals surface area contributed by atoms with Crippen LogP contribution in [0.15, 0.2) is 0 Å². The average molecular weight is 2010 g/mol. The summed E-state index contributed by atoms with van der Waals surface area (Å²) in [4.78, 5) is 310. The van der Waals surface area contributed by atoms with Gasteiger partial charge in [-0.1, -0.05) is 41.5 Å². The zero-order valence-electron chi connectivity index (χ0n) is 80.2. The minimum atomic E-state index is -1.95. The molecule has 2 heterocycles. The molecule has 59 heteroatoms. The monoisotopic (exact) mass is 2010 g/mol. The third-order valence-electron chi connectivity index (χ3n) is 21.7. The molecule has 0 aromatic rings. The summed E-state index contributed by atoms with van der Waals surface area (Å²) in [7, 11) is 0. The topological polar surface area (TPSA) is 963 Å². The highest BCUT2D eigenvalue weighted by atomic mass is 16.4. The first-order valence-corrected chi connectivity index (χ1v) is 45.5. The van der Waals surface area contributed by atoms with Gasteiger partial charge in [-0.2, -0.15) is 0 Å². The van der Waals surface area contributed by atoms with Crippen molar-refractivity contribution in [3.05, 3.63) is 0 Å². The van der Waals surface area contributed by atoms with Crippen LogP contribution in [-0.4, -0.2) is 369 Å². The van der Waals surface area contributed by atoms with Crippen molar-refractivity contribution in [1.29, 1.82) is 16.2 Å². The van der Waals surface area contributed by atoms with Crippen LogP contribution in [0.3, 0.4) is 0 Å².